The minimum Gasteiger partial charge on any atom is -0.360 e. The predicted molar refractivity (Wildman–Crippen MR) is 110 cm³/mol. The summed E-state index contributed by atoms with van der Waals surface area (Å²) in [6.07, 6.45) is 4.88. The molecule has 2 rings (SSSR count). The largest absolute Gasteiger partial charge is 0.360 e. The highest BCUT2D eigenvalue weighted by molar-refractivity contribution is 5.95. The van der Waals surface area contributed by atoms with Gasteiger partial charge in [-0.1, -0.05) is 68.6 Å². The number of carbonyl (C=O) groups excluding carboxylic acids is 2. The van der Waals surface area contributed by atoms with Gasteiger partial charge in [0.2, 0.25) is 11.8 Å². The topological polar surface area (TPSA) is 75.4 Å². The molecule has 28 heavy (non-hydrogen) atoms. The Morgan fingerprint density at radius 3 is 2.50 bits per heavy atom. The van der Waals surface area contributed by atoms with Crippen LogP contribution in [0.25, 0.3) is 0 Å². The van der Waals surface area contributed by atoms with E-state index in [2.05, 4.69) is 17.4 Å². The molecule has 152 valence electrons. The number of anilines is 1. The molecule has 0 fully saturated rings. The molecule has 1 aromatic heterocycles. The lowest BCUT2D eigenvalue weighted by Crippen LogP contribution is -2.41. The van der Waals surface area contributed by atoms with Gasteiger partial charge in [0.15, 0.2) is 5.82 Å². The van der Waals surface area contributed by atoms with E-state index < -0.39 is 0 Å². The molecule has 2 aromatic rings. The van der Waals surface area contributed by atoms with Crippen molar-refractivity contribution >= 4 is 17.6 Å². The van der Waals surface area contributed by atoms with Gasteiger partial charge in [-0.15, -0.1) is 0 Å². The number of amides is 2. The summed E-state index contributed by atoms with van der Waals surface area (Å²) in [5, 5.41) is 6.49. The third kappa shape index (κ3) is 6.51. The third-order valence-electron chi connectivity index (χ3n) is 4.73. The first-order valence-corrected chi connectivity index (χ1v) is 10.1. The molecule has 0 aliphatic heterocycles. The fraction of sp³-hybridized carbons (Fsp3) is 0.500. The van der Waals surface area contributed by atoms with Crippen molar-refractivity contribution in [3.63, 3.8) is 0 Å². The van der Waals surface area contributed by atoms with Gasteiger partial charge >= 0.3 is 0 Å². The number of nitrogens with one attached hydrogen (secondary N) is 1. The van der Waals surface area contributed by atoms with E-state index in [1.165, 1.54) is 0 Å². The first kappa shape index (κ1) is 21.7. The van der Waals surface area contributed by atoms with Crippen LogP contribution in [-0.4, -0.2) is 35.0 Å². The molecule has 1 aromatic carbocycles. The second kappa shape index (κ2) is 11.3. The maximum atomic E-state index is 13.2. The summed E-state index contributed by atoms with van der Waals surface area (Å²) < 4.78 is 4.98. The van der Waals surface area contributed by atoms with Gasteiger partial charge in [0, 0.05) is 12.6 Å². The van der Waals surface area contributed by atoms with Crippen LogP contribution in [0, 0.1) is 6.92 Å². The van der Waals surface area contributed by atoms with Crippen molar-refractivity contribution in [1.29, 1.82) is 0 Å². The average molecular weight is 386 g/mol. The van der Waals surface area contributed by atoms with E-state index in [4.69, 9.17) is 4.52 Å². The maximum absolute atomic E-state index is 13.2. The molecule has 0 aliphatic rings. The van der Waals surface area contributed by atoms with Crippen molar-refractivity contribution in [3.8, 4) is 0 Å². The van der Waals surface area contributed by atoms with Crippen LogP contribution < -0.4 is 5.32 Å². The second-order valence-electron chi connectivity index (χ2n) is 7.06. The van der Waals surface area contributed by atoms with Crippen LogP contribution in [0.15, 0.2) is 40.9 Å². The number of rotatable bonds is 11. The van der Waals surface area contributed by atoms with Crippen molar-refractivity contribution in [3.05, 3.63) is 47.7 Å². The lowest BCUT2D eigenvalue weighted by molar-refractivity contribution is -0.136. The summed E-state index contributed by atoms with van der Waals surface area (Å²) in [4.78, 5) is 27.4. The zero-order valence-electron chi connectivity index (χ0n) is 17.1. The number of hydrogen-bond donors (Lipinski definition) is 1. The molecule has 6 nitrogen and oxygen atoms in total. The van der Waals surface area contributed by atoms with Gasteiger partial charge in [0.05, 0.1) is 12.5 Å². The summed E-state index contributed by atoms with van der Waals surface area (Å²) in [7, 11) is 0. The average Bonchev–Trinajstić information content (AvgIpc) is 3.10. The molecule has 0 spiro atoms. The van der Waals surface area contributed by atoms with E-state index in [1.807, 2.05) is 37.3 Å². The van der Waals surface area contributed by atoms with Crippen molar-refractivity contribution in [2.45, 2.75) is 58.8 Å². The Balaban J connectivity index is 2.07. The van der Waals surface area contributed by atoms with Crippen LogP contribution >= 0.6 is 0 Å². The Morgan fingerprint density at radius 2 is 1.89 bits per heavy atom. The highest BCUT2D eigenvalue weighted by atomic mass is 16.5. The normalized spacial score (nSPS) is 11.8. The molecule has 0 radical (unpaired) electrons. The molecule has 1 atom stereocenters. The van der Waals surface area contributed by atoms with E-state index in [9.17, 15) is 9.59 Å². The Kier molecular flexibility index (Phi) is 8.72. The SMILES string of the molecule is CCCCCCN(CC(=O)Nc1cc(C)on1)C(=O)C(CC)c1ccccc1. The number of benzene rings is 1. The zero-order valence-corrected chi connectivity index (χ0v) is 17.1. The standard InChI is InChI=1S/C22H31N3O3/c1-4-6-7-11-14-25(16-21(26)23-20-15-17(3)28-24-20)22(27)19(5-2)18-12-9-8-10-13-18/h8-10,12-13,15,19H,4-7,11,14,16H2,1-3H3,(H,23,24,26). The number of unbranched alkanes of at least 4 members (excludes halogenated alkanes) is 3. The molecule has 2 amide bonds. The number of carbonyl (C=O) groups is 2. The number of aromatic nitrogens is 1. The lowest BCUT2D eigenvalue weighted by atomic mass is 9.95. The van der Waals surface area contributed by atoms with Gasteiger partial charge in [-0.2, -0.15) is 0 Å². The Hall–Kier alpha value is -2.63. The van der Waals surface area contributed by atoms with Gasteiger partial charge in [0.25, 0.3) is 0 Å². The number of aryl methyl sites for hydroxylation is 1. The minimum atomic E-state index is -0.264. The van der Waals surface area contributed by atoms with Crippen LogP contribution in [0.2, 0.25) is 0 Å². The first-order valence-electron chi connectivity index (χ1n) is 10.1. The van der Waals surface area contributed by atoms with E-state index in [-0.39, 0.29) is 24.3 Å². The van der Waals surface area contributed by atoms with Crippen LogP contribution in [0.1, 0.15) is 63.2 Å². The molecule has 0 saturated heterocycles. The van der Waals surface area contributed by atoms with Gasteiger partial charge < -0.3 is 14.7 Å². The van der Waals surface area contributed by atoms with E-state index >= 15 is 0 Å². The van der Waals surface area contributed by atoms with Gasteiger partial charge in [0.1, 0.15) is 5.76 Å². The van der Waals surface area contributed by atoms with Gasteiger partial charge in [-0.25, -0.2) is 0 Å². The predicted octanol–water partition coefficient (Wildman–Crippen LogP) is 4.52. The number of nitrogens with zero attached hydrogens (tertiary/aromatic N) is 2. The van der Waals surface area contributed by atoms with Crippen molar-refractivity contribution in [2.24, 2.45) is 0 Å². The van der Waals surface area contributed by atoms with Crippen molar-refractivity contribution in [2.75, 3.05) is 18.4 Å². The summed E-state index contributed by atoms with van der Waals surface area (Å²) in [6.45, 7) is 6.51. The molecule has 0 aliphatic carbocycles. The third-order valence-corrected chi connectivity index (χ3v) is 4.73. The summed E-state index contributed by atoms with van der Waals surface area (Å²) in [5.74, 6) is 0.486. The van der Waals surface area contributed by atoms with Crippen LogP contribution in [0.5, 0.6) is 0 Å². The highest BCUT2D eigenvalue weighted by Crippen LogP contribution is 2.22. The quantitative estimate of drug-likeness (QED) is 0.577. The van der Waals surface area contributed by atoms with Crippen molar-refractivity contribution in [1.82, 2.24) is 10.1 Å². The second-order valence-corrected chi connectivity index (χ2v) is 7.06. The Bertz CT molecular complexity index is 742. The molecular weight excluding hydrogens is 354 g/mol. The number of hydrogen-bond acceptors (Lipinski definition) is 4. The molecule has 1 heterocycles. The fourth-order valence-electron chi connectivity index (χ4n) is 3.24. The lowest BCUT2D eigenvalue weighted by Gasteiger charge is -2.27. The van der Waals surface area contributed by atoms with E-state index in [0.717, 1.165) is 31.2 Å². The summed E-state index contributed by atoms with van der Waals surface area (Å²) >= 11 is 0. The van der Waals surface area contributed by atoms with Crippen LogP contribution in [0.4, 0.5) is 5.82 Å². The first-order chi connectivity index (χ1) is 13.5. The monoisotopic (exact) mass is 385 g/mol. The summed E-state index contributed by atoms with van der Waals surface area (Å²) in [5.41, 5.74) is 0.987. The van der Waals surface area contributed by atoms with Crippen LogP contribution in [-0.2, 0) is 9.59 Å². The Morgan fingerprint density at radius 1 is 1.14 bits per heavy atom. The minimum absolute atomic E-state index is 0.00307. The molecule has 0 bridgehead atoms. The van der Waals surface area contributed by atoms with Gasteiger partial charge in [-0.3, -0.25) is 9.59 Å². The fourth-order valence-corrected chi connectivity index (χ4v) is 3.24. The maximum Gasteiger partial charge on any atom is 0.245 e. The molecule has 6 heteroatoms. The summed E-state index contributed by atoms with van der Waals surface area (Å²) in [6, 6.07) is 11.4. The van der Waals surface area contributed by atoms with E-state index in [1.54, 1.807) is 17.9 Å². The highest BCUT2D eigenvalue weighted by Gasteiger charge is 2.26. The van der Waals surface area contributed by atoms with Crippen molar-refractivity contribution < 1.29 is 14.1 Å². The molecule has 0 saturated carbocycles. The Labute approximate surface area is 167 Å². The molecule has 1 unspecified atom stereocenters. The van der Waals surface area contributed by atoms with E-state index in [0.29, 0.717) is 24.5 Å². The van der Waals surface area contributed by atoms with Crippen LogP contribution in [0.3, 0.4) is 0 Å². The molecule has 1 N–H and O–H groups in total. The van der Waals surface area contributed by atoms with Gasteiger partial charge in [-0.05, 0) is 25.3 Å². The smallest absolute Gasteiger partial charge is 0.245 e. The zero-order chi connectivity index (χ0) is 20.4. The molecular formula is C22H31N3O3.